The maximum absolute atomic E-state index is 5.29. The number of hydrogen-bond acceptors (Lipinski definition) is 4. The van der Waals surface area contributed by atoms with Gasteiger partial charge in [-0.3, -0.25) is 4.90 Å². The Kier molecular flexibility index (Phi) is 2.04. The van der Waals surface area contributed by atoms with Gasteiger partial charge in [-0.25, -0.2) is 0 Å². The molecule has 2 bridgehead atoms. The largest absolute Gasteiger partial charge is 0.339 e. The first-order valence-corrected chi connectivity index (χ1v) is 6.76. The van der Waals surface area contributed by atoms with Crippen molar-refractivity contribution >= 4 is 5.88 Å². The minimum Gasteiger partial charge on any atom is -0.339 e. The molecule has 1 aromatic rings. The third-order valence-corrected chi connectivity index (χ3v) is 5.02. The molecule has 4 nitrogen and oxygen atoms in total. The molecule has 4 aliphatic heterocycles. The van der Waals surface area contributed by atoms with Crippen LogP contribution in [0.5, 0.6) is 0 Å². The van der Waals surface area contributed by atoms with E-state index >= 15 is 0 Å². The molecule has 0 aromatic carbocycles. The predicted molar refractivity (Wildman–Crippen MR) is 65.0 cm³/mol. The van der Waals surface area contributed by atoms with E-state index in [-0.39, 0.29) is 0 Å². The van der Waals surface area contributed by atoms with Crippen LogP contribution in [0.1, 0.15) is 25.7 Å². The van der Waals surface area contributed by atoms with Gasteiger partial charge in [0.05, 0.1) is 6.20 Å². The van der Waals surface area contributed by atoms with Crippen LogP contribution in [0.2, 0.25) is 0 Å². The van der Waals surface area contributed by atoms with Gasteiger partial charge in [0.1, 0.15) is 0 Å². The first-order valence-electron chi connectivity index (χ1n) is 6.76. The van der Waals surface area contributed by atoms with E-state index in [9.17, 15) is 0 Å². The molecule has 1 atom stereocenters. The highest BCUT2D eigenvalue weighted by atomic mass is 16.5. The third-order valence-electron chi connectivity index (χ3n) is 5.02. The molecule has 0 amide bonds. The molecule has 17 heavy (non-hydrogen) atoms. The van der Waals surface area contributed by atoms with Gasteiger partial charge in [-0.15, -0.1) is 0 Å². The number of fused-ring (bicyclic) bond motifs is 2. The Morgan fingerprint density at radius 1 is 1.29 bits per heavy atom. The minimum atomic E-state index is 0.452. The van der Waals surface area contributed by atoms with Gasteiger partial charge in [-0.1, -0.05) is 5.16 Å². The zero-order valence-corrected chi connectivity index (χ0v) is 10.1. The number of piperidine rings is 3. The normalized spacial score (nSPS) is 40.4. The second-order valence-corrected chi connectivity index (χ2v) is 5.88. The van der Waals surface area contributed by atoms with Crippen molar-refractivity contribution in [3.8, 4) is 0 Å². The van der Waals surface area contributed by atoms with Gasteiger partial charge >= 0.3 is 0 Å². The Morgan fingerprint density at radius 2 is 2.18 bits per heavy atom. The average Bonchev–Trinajstić information content (AvgIpc) is 3.00. The van der Waals surface area contributed by atoms with Crippen molar-refractivity contribution in [3.63, 3.8) is 0 Å². The highest BCUT2D eigenvalue weighted by molar-refractivity contribution is 5.37. The highest BCUT2D eigenvalue weighted by Gasteiger charge is 2.49. The molecule has 5 rings (SSSR count). The SMILES string of the molecule is c1cc(N2CCC3(CC4CCN3CC4)C2)on1. The fraction of sp³-hybridized carbons (Fsp3) is 0.769. The first kappa shape index (κ1) is 9.95. The van der Waals surface area contributed by atoms with Crippen molar-refractivity contribution in [2.24, 2.45) is 5.92 Å². The molecule has 1 unspecified atom stereocenters. The summed E-state index contributed by atoms with van der Waals surface area (Å²) in [5.41, 5.74) is 0.452. The van der Waals surface area contributed by atoms with Crippen molar-refractivity contribution in [3.05, 3.63) is 12.3 Å². The lowest BCUT2D eigenvalue weighted by Gasteiger charge is -2.52. The molecular formula is C13H19N3O. The average molecular weight is 233 g/mol. The summed E-state index contributed by atoms with van der Waals surface area (Å²) in [6.07, 6.45) is 7.28. The Morgan fingerprint density at radius 3 is 2.82 bits per heavy atom. The van der Waals surface area contributed by atoms with Crippen molar-refractivity contribution in [2.75, 3.05) is 31.1 Å². The number of nitrogens with zero attached hydrogens (tertiary/aromatic N) is 3. The summed E-state index contributed by atoms with van der Waals surface area (Å²) in [5.74, 6) is 1.93. The van der Waals surface area contributed by atoms with Gasteiger partial charge < -0.3 is 9.42 Å². The van der Waals surface area contributed by atoms with Gasteiger partial charge in [0.15, 0.2) is 0 Å². The maximum atomic E-state index is 5.29. The fourth-order valence-corrected chi connectivity index (χ4v) is 4.12. The maximum Gasteiger partial charge on any atom is 0.227 e. The molecule has 4 fully saturated rings. The van der Waals surface area contributed by atoms with Crippen LogP contribution in [-0.4, -0.2) is 41.8 Å². The number of aromatic nitrogens is 1. The molecule has 4 heteroatoms. The van der Waals surface area contributed by atoms with Crippen molar-refractivity contribution in [1.82, 2.24) is 10.1 Å². The van der Waals surface area contributed by atoms with E-state index in [0.717, 1.165) is 24.9 Å². The van der Waals surface area contributed by atoms with Crippen LogP contribution in [0.25, 0.3) is 0 Å². The number of anilines is 1. The molecule has 4 aliphatic rings. The summed E-state index contributed by atoms with van der Waals surface area (Å²) < 4.78 is 5.29. The molecule has 0 N–H and O–H groups in total. The van der Waals surface area contributed by atoms with Gasteiger partial charge in [-0.05, 0) is 44.7 Å². The van der Waals surface area contributed by atoms with E-state index in [2.05, 4.69) is 15.0 Å². The lowest BCUT2D eigenvalue weighted by atomic mass is 9.74. The molecule has 0 radical (unpaired) electrons. The van der Waals surface area contributed by atoms with Crippen molar-refractivity contribution in [1.29, 1.82) is 0 Å². The molecule has 92 valence electrons. The quantitative estimate of drug-likeness (QED) is 0.739. The van der Waals surface area contributed by atoms with Crippen molar-refractivity contribution < 1.29 is 4.52 Å². The Balaban J connectivity index is 1.57. The van der Waals surface area contributed by atoms with E-state index in [1.165, 1.54) is 38.8 Å². The third kappa shape index (κ3) is 1.43. The topological polar surface area (TPSA) is 32.5 Å². The van der Waals surface area contributed by atoms with E-state index < -0.39 is 0 Å². The minimum absolute atomic E-state index is 0.452. The smallest absolute Gasteiger partial charge is 0.227 e. The Hall–Kier alpha value is -1.03. The molecule has 4 saturated heterocycles. The fourth-order valence-electron chi connectivity index (χ4n) is 4.12. The first-order chi connectivity index (χ1) is 8.36. The lowest BCUT2D eigenvalue weighted by molar-refractivity contribution is -0.0158. The van der Waals surface area contributed by atoms with Crippen LogP contribution >= 0.6 is 0 Å². The van der Waals surface area contributed by atoms with Crippen LogP contribution in [-0.2, 0) is 0 Å². The molecule has 1 aromatic heterocycles. The van der Waals surface area contributed by atoms with Crippen LogP contribution in [0.3, 0.4) is 0 Å². The Bertz CT molecular complexity index is 397. The van der Waals surface area contributed by atoms with E-state index in [4.69, 9.17) is 4.52 Å². The second kappa shape index (κ2) is 3.48. The summed E-state index contributed by atoms with van der Waals surface area (Å²) in [6, 6.07) is 1.98. The number of rotatable bonds is 1. The second-order valence-electron chi connectivity index (χ2n) is 5.88. The molecule has 0 saturated carbocycles. The van der Waals surface area contributed by atoms with Crippen LogP contribution in [0.15, 0.2) is 16.8 Å². The van der Waals surface area contributed by atoms with Crippen LogP contribution < -0.4 is 4.90 Å². The zero-order chi connectivity index (χ0) is 11.3. The Labute approximate surface area is 102 Å². The summed E-state index contributed by atoms with van der Waals surface area (Å²) in [7, 11) is 0. The van der Waals surface area contributed by atoms with Crippen molar-refractivity contribution in [2.45, 2.75) is 31.2 Å². The lowest BCUT2D eigenvalue weighted by Crippen LogP contribution is -2.59. The molecule has 1 spiro atoms. The molecule has 0 aliphatic carbocycles. The summed E-state index contributed by atoms with van der Waals surface area (Å²) >= 11 is 0. The van der Waals surface area contributed by atoms with Gasteiger partial charge in [0.25, 0.3) is 0 Å². The monoisotopic (exact) mass is 233 g/mol. The highest BCUT2D eigenvalue weighted by Crippen LogP contribution is 2.44. The van der Waals surface area contributed by atoms with Gasteiger partial charge in [-0.2, -0.15) is 0 Å². The van der Waals surface area contributed by atoms with E-state index in [0.29, 0.717) is 5.54 Å². The molecular weight excluding hydrogens is 214 g/mol. The van der Waals surface area contributed by atoms with E-state index in [1.54, 1.807) is 6.20 Å². The predicted octanol–water partition coefficient (Wildman–Crippen LogP) is 1.74. The van der Waals surface area contributed by atoms with Crippen LogP contribution in [0.4, 0.5) is 5.88 Å². The van der Waals surface area contributed by atoms with Crippen LogP contribution in [0, 0.1) is 5.92 Å². The van der Waals surface area contributed by atoms with Gasteiger partial charge in [0.2, 0.25) is 5.88 Å². The van der Waals surface area contributed by atoms with Gasteiger partial charge in [0, 0.05) is 24.7 Å². The summed E-state index contributed by atoms with van der Waals surface area (Å²) in [6.45, 7) is 4.89. The van der Waals surface area contributed by atoms with E-state index in [1.807, 2.05) is 6.07 Å². The number of hydrogen-bond donors (Lipinski definition) is 0. The summed E-state index contributed by atoms with van der Waals surface area (Å²) in [5, 5.41) is 3.82. The summed E-state index contributed by atoms with van der Waals surface area (Å²) in [4.78, 5) is 5.11. The zero-order valence-electron chi connectivity index (χ0n) is 10.1. The standard InChI is InChI=1S/C13H19N3O/c1-5-14-17-12(1)15-8-4-13(10-15)9-11-2-6-16(13)7-3-11/h1,5,11H,2-4,6-10H2. The molecule has 5 heterocycles.